The molecule has 5 heteroatoms. The van der Waals surface area contributed by atoms with E-state index in [1.807, 2.05) is 42.5 Å². The van der Waals surface area contributed by atoms with Crippen molar-refractivity contribution in [3.63, 3.8) is 0 Å². The van der Waals surface area contributed by atoms with Gasteiger partial charge in [-0.1, -0.05) is 48.5 Å². The van der Waals surface area contributed by atoms with Gasteiger partial charge in [0.15, 0.2) is 5.41 Å². The van der Waals surface area contributed by atoms with Crippen LogP contribution in [-0.2, 0) is 20.9 Å². The van der Waals surface area contributed by atoms with Crippen LogP contribution < -0.4 is 4.74 Å². The summed E-state index contributed by atoms with van der Waals surface area (Å²) >= 11 is 0. The Bertz CT molecular complexity index is 953. The summed E-state index contributed by atoms with van der Waals surface area (Å²) in [5, 5.41) is 0. The molecule has 5 rings (SSSR count). The first-order valence-electron chi connectivity index (χ1n) is 8.24. The first-order valence-corrected chi connectivity index (χ1v) is 8.24. The van der Waals surface area contributed by atoms with Crippen molar-refractivity contribution >= 4 is 17.8 Å². The highest BCUT2D eigenvalue weighted by molar-refractivity contribution is 6.26. The number of carbonyl (C=O) groups is 3. The van der Waals surface area contributed by atoms with Gasteiger partial charge in [-0.05, 0) is 18.6 Å². The number of para-hydroxylation sites is 1. The lowest BCUT2D eigenvalue weighted by Crippen LogP contribution is -2.41. The molecule has 25 heavy (non-hydrogen) atoms. The largest absolute Gasteiger partial charge is 0.425 e. The zero-order valence-corrected chi connectivity index (χ0v) is 13.6. The van der Waals surface area contributed by atoms with Crippen LogP contribution in [-0.4, -0.2) is 22.7 Å². The Morgan fingerprint density at radius 3 is 2.40 bits per heavy atom. The number of rotatable bonds is 2. The van der Waals surface area contributed by atoms with Crippen LogP contribution in [0.4, 0.5) is 0 Å². The molecule has 2 amide bonds. The second-order valence-electron chi connectivity index (χ2n) is 7.05. The summed E-state index contributed by atoms with van der Waals surface area (Å²) in [6.07, 6.45) is 0. The van der Waals surface area contributed by atoms with E-state index < -0.39 is 28.6 Å². The number of ether oxygens (including phenoxy) is 1. The van der Waals surface area contributed by atoms with E-state index in [0.29, 0.717) is 5.75 Å². The number of benzene rings is 2. The molecule has 1 spiro atoms. The smallest absolute Gasteiger partial charge is 0.328 e. The zero-order chi connectivity index (χ0) is 17.4. The van der Waals surface area contributed by atoms with Gasteiger partial charge < -0.3 is 4.74 Å². The predicted molar refractivity (Wildman–Crippen MR) is 87.4 cm³/mol. The summed E-state index contributed by atoms with van der Waals surface area (Å²) < 4.78 is 5.43. The number of hydrogen-bond acceptors (Lipinski definition) is 4. The average Bonchev–Trinajstić information content (AvgIpc) is 3.18. The van der Waals surface area contributed by atoms with Crippen LogP contribution in [0.1, 0.15) is 24.0 Å². The molecule has 2 heterocycles. The van der Waals surface area contributed by atoms with Crippen molar-refractivity contribution in [2.45, 2.75) is 19.4 Å². The third-order valence-electron chi connectivity index (χ3n) is 5.96. The molecule has 2 aliphatic heterocycles. The maximum Gasteiger partial charge on any atom is 0.328 e. The van der Waals surface area contributed by atoms with Crippen LogP contribution in [0.3, 0.4) is 0 Å². The Labute approximate surface area is 144 Å². The van der Waals surface area contributed by atoms with E-state index in [0.717, 1.165) is 11.1 Å². The topological polar surface area (TPSA) is 63.7 Å². The van der Waals surface area contributed by atoms with Gasteiger partial charge in [0.1, 0.15) is 5.75 Å². The molecular weight excluding hydrogens is 318 g/mol. The Kier molecular flexibility index (Phi) is 2.51. The number of fused-ring (bicyclic) bond motifs is 3. The number of carbonyl (C=O) groups excluding carboxylic acids is 3. The quantitative estimate of drug-likeness (QED) is 0.366. The lowest BCUT2D eigenvalue weighted by molar-refractivity contribution is -0.151. The molecule has 0 radical (unpaired) electrons. The van der Waals surface area contributed by atoms with E-state index in [1.54, 1.807) is 19.1 Å². The lowest BCUT2D eigenvalue weighted by Gasteiger charge is -2.25. The average molecular weight is 333 g/mol. The van der Waals surface area contributed by atoms with Gasteiger partial charge in [0.25, 0.3) is 0 Å². The fourth-order valence-electron chi connectivity index (χ4n) is 4.71. The van der Waals surface area contributed by atoms with E-state index in [4.69, 9.17) is 4.74 Å². The summed E-state index contributed by atoms with van der Waals surface area (Å²) in [5.74, 6) is -1.31. The molecule has 0 bridgehead atoms. The molecule has 0 N–H and O–H groups in total. The van der Waals surface area contributed by atoms with Crippen LogP contribution in [0, 0.1) is 10.8 Å². The van der Waals surface area contributed by atoms with Crippen LogP contribution in [0.25, 0.3) is 0 Å². The minimum absolute atomic E-state index is 0.178. The van der Waals surface area contributed by atoms with Crippen LogP contribution >= 0.6 is 0 Å². The summed E-state index contributed by atoms with van der Waals surface area (Å²) in [6, 6.07) is 16.4. The highest BCUT2D eigenvalue weighted by Gasteiger charge is 2.93. The van der Waals surface area contributed by atoms with E-state index in [2.05, 4.69) is 0 Å². The van der Waals surface area contributed by atoms with Crippen molar-refractivity contribution in [1.82, 2.24) is 4.90 Å². The number of esters is 1. The molecule has 124 valence electrons. The third-order valence-corrected chi connectivity index (χ3v) is 5.96. The van der Waals surface area contributed by atoms with Crippen molar-refractivity contribution < 1.29 is 19.1 Å². The lowest BCUT2D eigenvalue weighted by atomic mass is 9.94. The van der Waals surface area contributed by atoms with Gasteiger partial charge in [0.2, 0.25) is 11.8 Å². The van der Waals surface area contributed by atoms with E-state index in [1.165, 1.54) is 4.90 Å². The first kappa shape index (κ1) is 14.4. The first-order chi connectivity index (χ1) is 12.0. The second kappa shape index (κ2) is 4.36. The van der Waals surface area contributed by atoms with Crippen molar-refractivity contribution in [3.05, 3.63) is 65.7 Å². The number of imide groups is 1. The van der Waals surface area contributed by atoms with Crippen LogP contribution in [0.15, 0.2) is 54.6 Å². The number of hydrogen-bond donors (Lipinski definition) is 0. The van der Waals surface area contributed by atoms with Gasteiger partial charge in [-0.2, -0.15) is 0 Å². The van der Waals surface area contributed by atoms with Crippen molar-refractivity contribution in [2.24, 2.45) is 10.8 Å². The molecule has 0 aromatic heterocycles. The summed E-state index contributed by atoms with van der Waals surface area (Å²) in [6.45, 7) is 1.89. The molecule has 3 atom stereocenters. The highest BCUT2D eigenvalue weighted by atomic mass is 16.5. The fraction of sp³-hybridized carbons (Fsp3) is 0.250. The minimum atomic E-state index is -1.40. The molecule has 1 saturated heterocycles. The van der Waals surface area contributed by atoms with Gasteiger partial charge >= 0.3 is 5.97 Å². The summed E-state index contributed by atoms with van der Waals surface area (Å²) in [4.78, 5) is 40.2. The van der Waals surface area contributed by atoms with Crippen molar-refractivity contribution in [1.29, 1.82) is 0 Å². The highest BCUT2D eigenvalue weighted by Crippen LogP contribution is 2.81. The van der Waals surface area contributed by atoms with Crippen molar-refractivity contribution in [2.75, 3.05) is 0 Å². The Morgan fingerprint density at radius 2 is 1.64 bits per heavy atom. The minimum Gasteiger partial charge on any atom is -0.425 e. The third kappa shape index (κ3) is 1.43. The fourth-order valence-corrected chi connectivity index (χ4v) is 4.71. The molecular formula is C20H15NO4. The van der Waals surface area contributed by atoms with Gasteiger partial charge in [-0.15, -0.1) is 0 Å². The van der Waals surface area contributed by atoms with E-state index >= 15 is 0 Å². The number of nitrogens with zero attached hydrogens (tertiary/aromatic N) is 1. The SMILES string of the molecule is C[C@@]12C(=O)N(Cc3ccccc3)C(=O)[C@@]13C(=O)Oc1ccccc1[C@@H]32. The molecule has 1 saturated carbocycles. The Morgan fingerprint density at radius 1 is 0.960 bits per heavy atom. The number of amides is 2. The molecule has 0 unspecified atom stereocenters. The maximum absolute atomic E-state index is 13.1. The summed E-state index contributed by atoms with van der Waals surface area (Å²) in [7, 11) is 0. The molecule has 3 aliphatic rings. The molecule has 2 aromatic rings. The molecule has 2 aromatic carbocycles. The molecule has 2 fully saturated rings. The van der Waals surface area contributed by atoms with Crippen molar-refractivity contribution in [3.8, 4) is 5.75 Å². The van der Waals surface area contributed by atoms with Crippen LogP contribution in [0.2, 0.25) is 0 Å². The summed E-state index contributed by atoms with van der Waals surface area (Å²) in [5.41, 5.74) is -0.826. The molecule has 1 aliphatic carbocycles. The van der Waals surface area contributed by atoms with Gasteiger partial charge in [-0.25, -0.2) is 0 Å². The number of likely N-dealkylation sites (tertiary alicyclic amines) is 1. The normalized spacial score (nSPS) is 32.0. The molecule has 5 nitrogen and oxygen atoms in total. The Hall–Kier alpha value is -2.95. The second-order valence-corrected chi connectivity index (χ2v) is 7.05. The van der Waals surface area contributed by atoms with Gasteiger partial charge in [0.05, 0.1) is 12.0 Å². The monoisotopic (exact) mass is 333 g/mol. The van der Waals surface area contributed by atoms with Crippen LogP contribution in [0.5, 0.6) is 5.75 Å². The van der Waals surface area contributed by atoms with E-state index in [9.17, 15) is 14.4 Å². The predicted octanol–water partition coefficient (Wildman–Crippen LogP) is 2.26. The number of piperidine rings is 1. The van der Waals surface area contributed by atoms with E-state index in [-0.39, 0.29) is 12.5 Å². The van der Waals surface area contributed by atoms with Gasteiger partial charge in [0, 0.05) is 11.5 Å². The Balaban J connectivity index is 1.59. The standard InChI is InChI=1S/C20H15NO4/c1-19-15-13-9-5-6-10-14(13)25-18(24)20(15,19)17(23)21(16(19)22)11-12-7-3-2-4-8-12/h2-10,15H,11H2,1H3/t15-,19-,20+/m1/s1. The maximum atomic E-state index is 13.1. The zero-order valence-electron chi connectivity index (χ0n) is 13.6. The van der Waals surface area contributed by atoms with Gasteiger partial charge in [-0.3, -0.25) is 19.3 Å².